The Bertz CT molecular complexity index is 1060. The smallest absolute Gasteiger partial charge is 0.128 e. The highest BCUT2D eigenvalue weighted by atomic mass is 19.1. The lowest BCUT2D eigenvalue weighted by molar-refractivity contribution is -0.0706. The summed E-state index contributed by atoms with van der Waals surface area (Å²) in [6, 6.07) is 16.2. The molecule has 0 amide bonds. The number of nitrogens with zero attached hydrogens (tertiary/aromatic N) is 1. The van der Waals surface area contributed by atoms with Crippen molar-refractivity contribution in [1.82, 2.24) is 9.88 Å². The molecule has 0 saturated heterocycles. The molecular formula is C28H33FN2. The Kier molecular flexibility index (Phi) is 4.72. The lowest BCUT2D eigenvalue weighted by atomic mass is 9.48. The van der Waals surface area contributed by atoms with Gasteiger partial charge >= 0.3 is 0 Å². The van der Waals surface area contributed by atoms with Crippen molar-refractivity contribution in [2.24, 2.45) is 23.2 Å². The molecule has 4 bridgehead atoms. The molecule has 1 N–H and O–H groups in total. The molecule has 0 spiro atoms. The summed E-state index contributed by atoms with van der Waals surface area (Å²) in [5.74, 6) is 2.82. The molecule has 4 aliphatic rings. The number of fused-ring (bicyclic) bond motifs is 1. The van der Waals surface area contributed by atoms with E-state index in [9.17, 15) is 4.39 Å². The van der Waals surface area contributed by atoms with E-state index in [0.29, 0.717) is 18.0 Å². The van der Waals surface area contributed by atoms with E-state index >= 15 is 0 Å². The molecular weight excluding hydrogens is 383 g/mol. The molecule has 3 aromatic rings. The monoisotopic (exact) mass is 416 g/mol. The van der Waals surface area contributed by atoms with E-state index in [0.717, 1.165) is 29.9 Å². The van der Waals surface area contributed by atoms with Crippen LogP contribution in [0, 0.1) is 29.0 Å². The van der Waals surface area contributed by atoms with Crippen molar-refractivity contribution in [3.8, 4) is 0 Å². The van der Waals surface area contributed by atoms with Crippen LogP contribution >= 0.6 is 0 Å². The summed E-state index contributed by atoms with van der Waals surface area (Å²) in [6.45, 7) is 3.89. The summed E-state index contributed by atoms with van der Waals surface area (Å²) < 4.78 is 16.5. The maximum Gasteiger partial charge on any atom is 0.128 e. The Labute approximate surface area is 184 Å². The van der Waals surface area contributed by atoms with E-state index in [4.69, 9.17) is 0 Å². The predicted octanol–water partition coefficient (Wildman–Crippen LogP) is 6.52. The third kappa shape index (κ3) is 3.42. The Balaban J connectivity index is 1.23. The molecule has 0 unspecified atom stereocenters. The quantitative estimate of drug-likeness (QED) is 0.484. The zero-order valence-electron chi connectivity index (χ0n) is 18.5. The number of benzene rings is 2. The first kappa shape index (κ1) is 19.5. The van der Waals surface area contributed by atoms with Crippen LogP contribution in [0.2, 0.25) is 0 Å². The third-order valence-electron chi connectivity index (χ3n) is 8.77. The highest BCUT2D eigenvalue weighted by Gasteiger charge is 2.52. The predicted molar refractivity (Wildman–Crippen MR) is 124 cm³/mol. The Morgan fingerprint density at radius 2 is 1.58 bits per heavy atom. The number of hydrogen-bond donors (Lipinski definition) is 1. The van der Waals surface area contributed by atoms with Crippen molar-refractivity contribution >= 4 is 10.9 Å². The van der Waals surface area contributed by atoms with Gasteiger partial charge in [0.05, 0.1) is 6.54 Å². The van der Waals surface area contributed by atoms with Crippen LogP contribution in [0.3, 0.4) is 0 Å². The van der Waals surface area contributed by atoms with Crippen LogP contribution in [-0.2, 0) is 13.1 Å². The van der Waals surface area contributed by atoms with E-state index in [1.54, 1.807) is 12.1 Å². The summed E-state index contributed by atoms with van der Waals surface area (Å²) in [5.41, 5.74) is 3.76. The van der Waals surface area contributed by atoms with Crippen LogP contribution in [0.15, 0.2) is 54.7 Å². The Morgan fingerprint density at radius 3 is 2.29 bits per heavy atom. The zero-order chi connectivity index (χ0) is 21.0. The first-order valence-electron chi connectivity index (χ1n) is 12.1. The van der Waals surface area contributed by atoms with E-state index in [-0.39, 0.29) is 5.82 Å². The number of aromatic nitrogens is 1. The normalized spacial score (nSPS) is 30.2. The lowest BCUT2D eigenvalue weighted by Crippen LogP contribution is -2.54. The molecule has 0 radical (unpaired) electrons. The molecule has 31 heavy (non-hydrogen) atoms. The fourth-order valence-electron chi connectivity index (χ4n) is 7.59. The summed E-state index contributed by atoms with van der Waals surface area (Å²) in [6.07, 6.45) is 11.0. The summed E-state index contributed by atoms with van der Waals surface area (Å²) >= 11 is 0. The van der Waals surface area contributed by atoms with Gasteiger partial charge in [-0.3, -0.25) is 0 Å². The largest absolute Gasteiger partial charge is 0.343 e. The zero-order valence-corrected chi connectivity index (χ0v) is 18.5. The number of hydrogen-bond acceptors (Lipinski definition) is 1. The van der Waals surface area contributed by atoms with E-state index in [1.807, 2.05) is 12.1 Å². The van der Waals surface area contributed by atoms with Crippen molar-refractivity contribution < 1.29 is 4.39 Å². The fraction of sp³-hybridized carbons (Fsp3) is 0.500. The van der Waals surface area contributed by atoms with Gasteiger partial charge in [-0.15, -0.1) is 0 Å². The SMILES string of the molecule is C[C@@H](NCc1cn(Cc2ccccc2F)c2ccccc12)C12CC3CC(CC(C3)C1)C2. The molecule has 1 atom stereocenters. The molecule has 7 rings (SSSR count). The van der Waals surface area contributed by atoms with Crippen LogP contribution in [0.1, 0.15) is 56.6 Å². The van der Waals surface area contributed by atoms with Gasteiger partial charge in [-0.2, -0.15) is 0 Å². The van der Waals surface area contributed by atoms with E-state index in [2.05, 4.69) is 47.3 Å². The molecule has 2 nitrogen and oxygen atoms in total. The van der Waals surface area contributed by atoms with Crippen LogP contribution in [0.4, 0.5) is 4.39 Å². The highest BCUT2D eigenvalue weighted by molar-refractivity contribution is 5.84. The van der Waals surface area contributed by atoms with E-state index < -0.39 is 0 Å². The average Bonchev–Trinajstić information content (AvgIpc) is 3.10. The minimum Gasteiger partial charge on any atom is -0.343 e. The van der Waals surface area contributed by atoms with Gasteiger partial charge in [0.15, 0.2) is 0 Å². The highest BCUT2D eigenvalue weighted by Crippen LogP contribution is 2.61. The standard InChI is InChI=1S/C28H33FN2/c1-19(28-13-20-10-21(14-28)12-22(11-20)15-28)30-16-24-18-31(27-9-5-3-7-25(24)27)17-23-6-2-4-8-26(23)29/h2-9,18-22,30H,10-17H2,1H3/t19-,20?,21?,22?,28?/m1/s1. The van der Waals surface area contributed by atoms with Gasteiger partial charge in [0.25, 0.3) is 0 Å². The number of halogens is 1. The number of rotatable bonds is 6. The maximum atomic E-state index is 14.3. The van der Waals surface area contributed by atoms with Gasteiger partial charge in [-0.1, -0.05) is 36.4 Å². The van der Waals surface area contributed by atoms with Gasteiger partial charge in [-0.05, 0) is 86.3 Å². The second kappa shape index (κ2) is 7.48. The Hall–Kier alpha value is -2.13. The number of nitrogens with one attached hydrogen (secondary N) is 1. The summed E-state index contributed by atoms with van der Waals surface area (Å²) in [7, 11) is 0. The minimum atomic E-state index is -0.129. The lowest BCUT2D eigenvalue weighted by Gasteiger charge is -2.59. The van der Waals surface area contributed by atoms with Gasteiger partial charge in [-0.25, -0.2) is 4.39 Å². The van der Waals surface area contributed by atoms with Crippen LogP contribution in [0.5, 0.6) is 0 Å². The fourth-order valence-corrected chi connectivity index (χ4v) is 7.59. The van der Waals surface area contributed by atoms with Gasteiger partial charge in [0.2, 0.25) is 0 Å². The minimum absolute atomic E-state index is 0.129. The molecule has 1 heterocycles. The third-order valence-corrected chi connectivity index (χ3v) is 8.77. The first-order valence-corrected chi connectivity index (χ1v) is 12.1. The van der Waals surface area contributed by atoms with Crippen molar-refractivity contribution in [2.45, 2.75) is 64.6 Å². The Morgan fingerprint density at radius 1 is 0.935 bits per heavy atom. The molecule has 0 aliphatic heterocycles. The summed E-state index contributed by atoms with van der Waals surface area (Å²) in [5, 5.41) is 5.23. The molecule has 4 fully saturated rings. The van der Waals surface area contributed by atoms with Crippen molar-refractivity contribution in [3.63, 3.8) is 0 Å². The van der Waals surface area contributed by atoms with Crippen LogP contribution in [0.25, 0.3) is 10.9 Å². The molecule has 1 aromatic heterocycles. The van der Waals surface area contributed by atoms with E-state index in [1.165, 1.54) is 55.0 Å². The molecule has 3 heteroatoms. The molecule has 2 aromatic carbocycles. The number of para-hydroxylation sites is 1. The first-order chi connectivity index (χ1) is 15.1. The topological polar surface area (TPSA) is 17.0 Å². The van der Waals surface area contributed by atoms with Gasteiger partial charge < -0.3 is 9.88 Å². The molecule has 4 aliphatic carbocycles. The molecule has 162 valence electrons. The van der Waals surface area contributed by atoms with Crippen LogP contribution in [-0.4, -0.2) is 10.6 Å². The van der Waals surface area contributed by atoms with Gasteiger partial charge in [0.1, 0.15) is 5.82 Å². The van der Waals surface area contributed by atoms with Crippen molar-refractivity contribution in [1.29, 1.82) is 0 Å². The average molecular weight is 417 g/mol. The van der Waals surface area contributed by atoms with Crippen molar-refractivity contribution in [3.05, 3.63) is 71.7 Å². The maximum absolute atomic E-state index is 14.3. The second-order valence-corrected chi connectivity index (χ2v) is 10.8. The summed E-state index contributed by atoms with van der Waals surface area (Å²) in [4.78, 5) is 0. The molecule has 4 saturated carbocycles. The van der Waals surface area contributed by atoms with Crippen molar-refractivity contribution in [2.75, 3.05) is 0 Å². The van der Waals surface area contributed by atoms with Gasteiger partial charge in [0, 0.05) is 35.2 Å². The van der Waals surface area contributed by atoms with Crippen LogP contribution < -0.4 is 5.32 Å². The second-order valence-electron chi connectivity index (χ2n) is 10.8.